The van der Waals surface area contributed by atoms with E-state index in [1.165, 1.54) is 9.80 Å². The number of carbonyl (C=O) groups excluding carboxylic acids is 1. The first-order chi connectivity index (χ1) is 11.1. The molecule has 1 saturated heterocycles. The highest BCUT2D eigenvalue weighted by Crippen LogP contribution is 2.59. The number of ketones is 1. The molecule has 3 nitrogen and oxygen atoms in total. The molecule has 1 aliphatic heterocycles. The largest absolute Gasteiger partial charge is 0.346 e. The molecule has 1 heterocycles. The highest BCUT2D eigenvalue weighted by molar-refractivity contribution is 8.03. The molecule has 1 aromatic rings. The molecular formula is C19H20O3S. The molecule has 1 fully saturated rings. The Hall–Kier alpha value is -1.36. The summed E-state index contributed by atoms with van der Waals surface area (Å²) in [5.41, 5.74) is -0.0914. The number of allylic oxidation sites excluding steroid dienone is 2. The Morgan fingerprint density at radius 2 is 2.09 bits per heavy atom. The monoisotopic (exact) mass is 328 g/mol. The van der Waals surface area contributed by atoms with Crippen LogP contribution in [0.4, 0.5) is 0 Å². The fourth-order valence-electron chi connectivity index (χ4n) is 4.21. The van der Waals surface area contributed by atoms with Crippen molar-refractivity contribution < 1.29 is 14.3 Å². The van der Waals surface area contributed by atoms with Crippen LogP contribution in [0.3, 0.4) is 0 Å². The van der Waals surface area contributed by atoms with Gasteiger partial charge in [0.25, 0.3) is 0 Å². The Kier molecular flexibility index (Phi) is 3.52. The van der Waals surface area contributed by atoms with Crippen molar-refractivity contribution in [3.8, 4) is 0 Å². The third-order valence-corrected chi connectivity index (χ3v) is 6.56. The Morgan fingerprint density at radius 1 is 1.30 bits per heavy atom. The molecule has 0 aromatic heterocycles. The summed E-state index contributed by atoms with van der Waals surface area (Å²) in [6, 6.07) is 10.4. The van der Waals surface area contributed by atoms with Crippen molar-refractivity contribution in [3.05, 3.63) is 53.5 Å². The zero-order valence-electron chi connectivity index (χ0n) is 13.3. The van der Waals surface area contributed by atoms with Gasteiger partial charge in [-0.3, -0.25) is 4.79 Å². The average Bonchev–Trinajstić information content (AvgIpc) is 2.99. The summed E-state index contributed by atoms with van der Waals surface area (Å²) in [6.45, 7) is 2.74. The van der Waals surface area contributed by atoms with Crippen molar-refractivity contribution >= 4 is 17.5 Å². The van der Waals surface area contributed by atoms with Gasteiger partial charge in [-0.15, -0.1) is 0 Å². The summed E-state index contributed by atoms with van der Waals surface area (Å²) < 4.78 is 11.6. The van der Waals surface area contributed by atoms with E-state index in [0.717, 1.165) is 6.42 Å². The van der Waals surface area contributed by atoms with Gasteiger partial charge in [-0.25, -0.2) is 0 Å². The minimum Gasteiger partial charge on any atom is -0.346 e. The predicted molar refractivity (Wildman–Crippen MR) is 89.9 cm³/mol. The number of hydrogen-bond donors (Lipinski definition) is 0. The first-order valence-electron chi connectivity index (χ1n) is 7.95. The Labute approximate surface area is 140 Å². The van der Waals surface area contributed by atoms with E-state index in [1.807, 2.05) is 18.2 Å². The summed E-state index contributed by atoms with van der Waals surface area (Å²) in [5, 5.41) is 0. The lowest BCUT2D eigenvalue weighted by Crippen LogP contribution is -2.55. The molecule has 4 atom stereocenters. The third-order valence-electron chi connectivity index (χ3n) is 5.35. The van der Waals surface area contributed by atoms with E-state index < -0.39 is 5.79 Å². The summed E-state index contributed by atoms with van der Waals surface area (Å²) in [7, 11) is 1.59. The second kappa shape index (κ2) is 5.33. The smallest absolute Gasteiger partial charge is 0.237 e. The van der Waals surface area contributed by atoms with Crippen molar-refractivity contribution in [2.24, 2.45) is 17.3 Å². The highest BCUT2D eigenvalue weighted by atomic mass is 32.2. The molecule has 0 bridgehead atoms. The topological polar surface area (TPSA) is 35.5 Å². The van der Waals surface area contributed by atoms with Gasteiger partial charge in [-0.1, -0.05) is 49.0 Å². The van der Waals surface area contributed by atoms with E-state index in [4.69, 9.17) is 9.47 Å². The van der Waals surface area contributed by atoms with Gasteiger partial charge in [0.2, 0.25) is 11.6 Å². The number of carbonyl (C=O) groups is 1. The lowest BCUT2D eigenvalue weighted by Gasteiger charge is -2.47. The van der Waals surface area contributed by atoms with Crippen LogP contribution in [0, 0.1) is 17.3 Å². The summed E-state index contributed by atoms with van der Waals surface area (Å²) in [5.74, 6) is -0.928. The molecular weight excluding hydrogens is 308 g/mol. The quantitative estimate of drug-likeness (QED) is 0.845. The molecule has 23 heavy (non-hydrogen) atoms. The van der Waals surface area contributed by atoms with E-state index in [1.54, 1.807) is 24.9 Å². The van der Waals surface area contributed by atoms with Crippen LogP contribution in [0.5, 0.6) is 0 Å². The molecule has 4 rings (SSSR count). The summed E-state index contributed by atoms with van der Waals surface area (Å²) >= 11 is 1.78. The van der Waals surface area contributed by atoms with Crippen molar-refractivity contribution in [1.82, 2.24) is 0 Å². The molecule has 0 unspecified atom stereocenters. The van der Waals surface area contributed by atoms with Gasteiger partial charge < -0.3 is 9.47 Å². The van der Waals surface area contributed by atoms with Crippen LogP contribution < -0.4 is 0 Å². The molecule has 0 N–H and O–H groups in total. The lowest BCUT2D eigenvalue weighted by atomic mass is 9.60. The zero-order chi connectivity index (χ0) is 16.1. The predicted octanol–water partition coefficient (Wildman–Crippen LogP) is 3.82. The Bertz CT molecular complexity index is 696. The van der Waals surface area contributed by atoms with Crippen LogP contribution >= 0.6 is 11.8 Å². The van der Waals surface area contributed by atoms with Gasteiger partial charge in [0.05, 0.1) is 6.61 Å². The van der Waals surface area contributed by atoms with E-state index in [0.29, 0.717) is 6.61 Å². The normalized spacial score (nSPS) is 38.3. The molecule has 0 saturated carbocycles. The highest BCUT2D eigenvalue weighted by Gasteiger charge is 2.64. The number of ether oxygens (including phenoxy) is 2. The molecule has 0 spiro atoms. The van der Waals surface area contributed by atoms with Crippen LogP contribution in [-0.2, 0) is 14.3 Å². The van der Waals surface area contributed by atoms with Gasteiger partial charge in [0.15, 0.2) is 0 Å². The molecule has 120 valence electrons. The van der Waals surface area contributed by atoms with Crippen molar-refractivity contribution in [2.45, 2.75) is 24.0 Å². The number of hydrogen-bond acceptors (Lipinski definition) is 4. The second-order valence-corrected chi connectivity index (χ2v) is 7.84. The minimum absolute atomic E-state index is 0.0358. The van der Waals surface area contributed by atoms with Gasteiger partial charge in [0, 0.05) is 23.8 Å². The maximum atomic E-state index is 12.5. The second-order valence-electron chi connectivity index (χ2n) is 6.70. The maximum Gasteiger partial charge on any atom is 0.237 e. The SMILES string of the molecule is CO[C@@]12OC[C@H]3C(Sc4ccccc4)=CC[C@@](C)(C=CC1=O)[C@H]32. The number of rotatable bonds is 3. The third kappa shape index (κ3) is 2.16. The van der Waals surface area contributed by atoms with E-state index in [2.05, 4.69) is 31.2 Å². The summed E-state index contributed by atoms with van der Waals surface area (Å²) in [6.07, 6.45) is 6.92. The van der Waals surface area contributed by atoms with Crippen molar-refractivity contribution in [1.29, 1.82) is 0 Å². The van der Waals surface area contributed by atoms with Gasteiger partial charge in [-0.05, 0) is 34.9 Å². The van der Waals surface area contributed by atoms with Crippen LogP contribution in [0.15, 0.2) is 58.4 Å². The minimum atomic E-state index is -1.11. The Morgan fingerprint density at radius 3 is 2.83 bits per heavy atom. The van der Waals surface area contributed by atoms with E-state index >= 15 is 0 Å². The van der Waals surface area contributed by atoms with Gasteiger partial charge in [-0.2, -0.15) is 0 Å². The standard InChI is InChI=1S/C19H20O3S/c1-18-10-8-15(23-13-6-4-3-5-7-13)14-12-22-19(21-2,17(14)18)16(20)9-11-18/h3-9,11,14,17H,10,12H2,1-2H3/t14-,17-,18-,19+/m0/s1. The lowest BCUT2D eigenvalue weighted by molar-refractivity contribution is -0.221. The van der Waals surface area contributed by atoms with Crippen LogP contribution in [0.25, 0.3) is 0 Å². The fourth-order valence-corrected chi connectivity index (χ4v) is 5.30. The van der Waals surface area contributed by atoms with E-state index in [-0.39, 0.29) is 23.0 Å². The first kappa shape index (κ1) is 15.2. The Balaban J connectivity index is 1.73. The fraction of sp³-hybridized carbons (Fsp3) is 0.421. The molecule has 2 aliphatic carbocycles. The van der Waals surface area contributed by atoms with Gasteiger partial charge in [0.1, 0.15) is 0 Å². The number of thioether (sulfide) groups is 1. The number of methoxy groups -OCH3 is 1. The number of benzene rings is 1. The van der Waals surface area contributed by atoms with E-state index in [9.17, 15) is 4.79 Å². The van der Waals surface area contributed by atoms with Crippen molar-refractivity contribution in [2.75, 3.05) is 13.7 Å². The molecule has 0 amide bonds. The molecule has 4 heteroatoms. The average molecular weight is 328 g/mol. The van der Waals surface area contributed by atoms with Gasteiger partial charge >= 0.3 is 0 Å². The summed E-state index contributed by atoms with van der Waals surface area (Å²) in [4.78, 5) is 15.0. The molecule has 1 aromatic carbocycles. The zero-order valence-corrected chi connectivity index (χ0v) is 14.1. The van der Waals surface area contributed by atoms with Crippen molar-refractivity contribution in [3.63, 3.8) is 0 Å². The van der Waals surface area contributed by atoms with Crippen LogP contribution in [0.1, 0.15) is 13.3 Å². The van der Waals surface area contributed by atoms with Crippen LogP contribution in [0.2, 0.25) is 0 Å². The first-order valence-corrected chi connectivity index (χ1v) is 8.76. The molecule has 0 radical (unpaired) electrons. The maximum absolute atomic E-state index is 12.5. The van der Waals surface area contributed by atoms with Crippen LogP contribution in [-0.4, -0.2) is 25.3 Å². The molecule has 3 aliphatic rings.